The number of benzene rings is 2. The van der Waals surface area contributed by atoms with Gasteiger partial charge in [0.15, 0.2) is 0 Å². The van der Waals surface area contributed by atoms with Crippen LogP contribution in [0, 0.1) is 0 Å². The first kappa shape index (κ1) is 14.8. The molecule has 0 amide bonds. The van der Waals surface area contributed by atoms with Crippen molar-refractivity contribution in [3.05, 3.63) is 69.7 Å². The minimum absolute atomic E-state index is 0.526. The van der Waals surface area contributed by atoms with Gasteiger partial charge in [0.25, 0.3) is 0 Å². The molecule has 0 heterocycles. The highest BCUT2D eigenvalue weighted by Crippen LogP contribution is 2.38. The van der Waals surface area contributed by atoms with Crippen molar-refractivity contribution in [2.24, 2.45) is 0 Å². The van der Waals surface area contributed by atoms with Gasteiger partial charge in [-0.1, -0.05) is 65.3 Å². The van der Waals surface area contributed by atoms with Crippen LogP contribution in [0.5, 0.6) is 0 Å². The Morgan fingerprint density at radius 1 is 1.14 bits per heavy atom. The number of fused-ring (bicyclic) bond motifs is 1. The summed E-state index contributed by atoms with van der Waals surface area (Å²) in [4.78, 5) is 0. The first-order valence-electron chi connectivity index (χ1n) is 7.84. The fraction of sp³-hybridized carbons (Fsp3) is 0.368. The second kappa shape index (κ2) is 6.76. The Morgan fingerprint density at radius 2 is 1.90 bits per heavy atom. The van der Waals surface area contributed by atoms with Gasteiger partial charge in [-0.2, -0.15) is 0 Å². The van der Waals surface area contributed by atoms with Gasteiger partial charge in [0, 0.05) is 16.4 Å². The summed E-state index contributed by atoms with van der Waals surface area (Å²) in [6.45, 7) is 3.32. The van der Waals surface area contributed by atoms with E-state index >= 15 is 0 Å². The van der Waals surface area contributed by atoms with Gasteiger partial charge in [0.05, 0.1) is 0 Å². The summed E-state index contributed by atoms with van der Waals surface area (Å²) in [6.07, 6.45) is 3.48. The molecule has 0 aromatic heterocycles. The Bertz CT molecular complexity index is 608. The first-order chi connectivity index (χ1) is 10.3. The van der Waals surface area contributed by atoms with E-state index in [9.17, 15) is 0 Å². The zero-order valence-corrected chi connectivity index (χ0v) is 14.1. The van der Waals surface area contributed by atoms with Crippen LogP contribution < -0.4 is 5.32 Å². The van der Waals surface area contributed by atoms with Crippen molar-refractivity contribution in [2.75, 3.05) is 6.54 Å². The van der Waals surface area contributed by atoms with E-state index in [2.05, 4.69) is 76.7 Å². The van der Waals surface area contributed by atoms with Gasteiger partial charge in [-0.15, -0.1) is 0 Å². The molecule has 0 saturated carbocycles. The average molecular weight is 344 g/mol. The molecule has 1 nitrogen and oxygen atoms in total. The summed E-state index contributed by atoms with van der Waals surface area (Å²) in [5.41, 5.74) is 4.46. The Hall–Kier alpha value is -1.12. The van der Waals surface area contributed by atoms with Crippen LogP contribution in [0.3, 0.4) is 0 Å². The molecule has 0 bridgehead atoms. The van der Waals surface area contributed by atoms with Crippen LogP contribution in [0.2, 0.25) is 0 Å². The minimum atomic E-state index is 0.526. The largest absolute Gasteiger partial charge is 0.313 e. The van der Waals surface area contributed by atoms with Gasteiger partial charge in [-0.3, -0.25) is 0 Å². The van der Waals surface area contributed by atoms with Crippen LogP contribution >= 0.6 is 15.9 Å². The molecule has 2 aromatic carbocycles. The number of halogens is 1. The van der Waals surface area contributed by atoms with Gasteiger partial charge >= 0.3 is 0 Å². The highest BCUT2D eigenvalue weighted by molar-refractivity contribution is 9.10. The molecule has 0 saturated heterocycles. The molecule has 1 aliphatic rings. The van der Waals surface area contributed by atoms with E-state index < -0.39 is 0 Å². The summed E-state index contributed by atoms with van der Waals surface area (Å²) in [5, 5.41) is 3.77. The fourth-order valence-electron chi connectivity index (χ4n) is 3.24. The zero-order chi connectivity index (χ0) is 14.7. The van der Waals surface area contributed by atoms with Crippen molar-refractivity contribution < 1.29 is 0 Å². The van der Waals surface area contributed by atoms with Gasteiger partial charge in [-0.25, -0.2) is 0 Å². The maximum Gasteiger partial charge on any atom is 0.0207 e. The molecule has 2 aromatic rings. The summed E-state index contributed by atoms with van der Waals surface area (Å²) < 4.78 is 1.22. The normalized spacial score (nSPS) is 17.9. The molecule has 3 rings (SSSR count). The number of nitrogens with one attached hydrogen (secondary N) is 1. The lowest BCUT2D eigenvalue weighted by Crippen LogP contribution is -2.42. The van der Waals surface area contributed by atoms with Crippen LogP contribution in [0.25, 0.3) is 0 Å². The van der Waals surface area contributed by atoms with Crippen LogP contribution in [0.4, 0.5) is 0 Å². The first-order valence-corrected chi connectivity index (χ1v) is 8.63. The monoisotopic (exact) mass is 343 g/mol. The van der Waals surface area contributed by atoms with Crippen molar-refractivity contribution in [2.45, 2.75) is 38.1 Å². The number of rotatable bonds is 6. The van der Waals surface area contributed by atoms with E-state index in [0.29, 0.717) is 12.0 Å². The Morgan fingerprint density at radius 3 is 2.67 bits per heavy atom. The second-order valence-electron chi connectivity index (χ2n) is 5.87. The van der Waals surface area contributed by atoms with E-state index in [4.69, 9.17) is 0 Å². The van der Waals surface area contributed by atoms with Gasteiger partial charge in [0.2, 0.25) is 0 Å². The number of hydrogen-bond donors (Lipinski definition) is 1. The molecule has 0 fully saturated rings. The predicted octanol–water partition coefficient (Wildman–Crippen LogP) is 4.70. The van der Waals surface area contributed by atoms with E-state index in [-0.39, 0.29) is 0 Å². The molecule has 0 spiro atoms. The maximum absolute atomic E-state index is 3.77. The van der Waals surface area contributed by atoms with Crippen LogP contribution in [0.1, 0.15) is 36.0 Å². The molecule has 21 heavy (non-hydrogen) atoms. The smallest absolute Gasteiger partial charge is 0.0207 e. The topological polar surface area (TPSA) is 12.0 Å². The fourth-order valence-corrected chi connectivity index (χ4v) is 3.69. The van der Waals surface area contributed by atoms with Crippen LogP contribution in [0.15, 0.2) is 53.0 Å². The third kappa shape index (κ3) is 3.22. The molecule has 0 aliphatic heterocycles. The lowest BCUT2D eigenvalue weighted by atomic mass is 9.72. The summed E-state index contributed by atoms with van der Waals surface area (Å²) in [5.74, 6) is 0.653. The number of hydrogen-bond acceptors (Lipinski definition) is 1. The summed E-state index contributed by atoms with van der Waals surface area (Å²) in [7, 11) is 0. The van der Waals surface area contributed by atoms with Crippen molar-refractivity contribution >= 4 is 15.9 Å². The van der Waals surface area contributed by atoms with Crippen molar-refractivity contribution in [1.82, 2.24) is 5.32 Å². The maximum atomic E-state index is 3.77. The van der Waals surface area contributed by atoms with Crippen molar-refractivity contribution in [1.29, 1.82) is 0 Å². The lowest BCUT2D eigenvalue weighted by molar-refractivity contribution is 0.397. The minimum Gasteiger partial charge on any atom is -0.313 e. The van der Waals surface area contributed by atoms with E-state index in [1.165, 1.54) is 34.0 Å². The van der Waals surface area contributed by atoms with E-state index in [0.717, 1.165) is 13.0 Å². The second-order valence-corrected chi connectivity index (χ2v) is 6.72. The predicted molar refractivity (Wildman–Crippen MR) is 92.8 cm³/mol. The highest BCUT2D eigenvalue weighted by Gasteiger charge is 2.32. The molecule has 1 aliphatic carbocycles. The van der Waals surface area contributed by atoms with Crippen molar-refractivity contribution in [3.8, 4) is 0 Å². The Kier molecular flexibility index (Phi) is 4.77. The Balaban J connectivity index is 1.78. The van der Waals surface area contributed by atoms with Crippen molar-refractivity contribution in [3.63, 3.8) is 0 Å². The molecule has 1 N–H and O–H groups in total. The quantitative estimate of drug-likeness (QED) is 0.801. The third-order valence-electron chi connectivity index (χ3n) is 4.43. The molecule has 110 valence electrons. The molecule has 2 heteroatoms. The highest BCUT2D eigenvalue weighted by atomic mass is 79.9. The summed E-state index contributed by atoms with van der Waals surface area (Å²) in [6, 6.07) is 18.0. The third-order valence-corrected chi connectivity index (χ3v) is 5.21. The zero-order valence-electron chi connectivity index (χ0n) is 12.5. The average Bonchev–Trinajstić information content (AvgIpc) is 2.48. The van der Waals surface area contributed by atoms with Gasteiger partial charge < -0.3 is 5.32 Å². The van der Waals surface area contributed by atoms with E-state index in [1.807, 2.05) is 0 Å². The van der Waals surface area contributed by atoms with E-state index in [1.54, 1.807) is 0 Å². The molecular formula is C19H22BrN. The Labute approximate surface area is 135 Å². The van der Waals surface area contributed by atoms with Gasteiger partial charge in [0.1, 0.15) is 0 Å². The van der Waals surface area contributed by atoms with Gasteiger partial charge in [-0.05, 0) is 48.6 Å². The SMILES string of the molecule is CCCNC(Cc1ccccc1Br)C1Cc2ccccc21. The molecule has 2 unspecified atom stereocenters. The van der Waals surface area contributed by atoms with Crippen LogP contribution in [-0.4, -0.2) is 12.6 Å². The molecular weight excluding hydrogens is 322 g/mol. The molecule has 2 atom stereocenters. The molecule has 0 radical (unpaired) electrons. The van der Waals surface area contributed by atoms with Crippen LogP contribution in [-0.2, 0) is 12.8 Å². The standard InChI is InChI=1S/C19H22BrN/c1-2-11-21-19(13-15-8-4-6-10-18(15)20)17-12-14-7-3-5-9-16(14)17/h3-10,17,19,21H,2,11-13H2,1H3. The summed E-state index contributed by atoms with van der Waals surface area (Å²) >= 11 is 3.69. The lowest BCUT2D eigenvalue weighted by Gasteiger charge is -2.37.